The number of amides is 1. The van der Waals surface area contributed by atoms with Crippen molar-refractivity contribution in [2.75, 3.05) is 25.3 Å². The van der Waals surface area contributed by atoms with Gasteiger partial charge in [-0.15, -0.1) is 11.8 Å². The maximum Gasteiger partial charge on any atom is 0.349 e. The highest BCUT2D eigenvalue weighted by Crippen LogP contribution is 2.24. The Balaban J connectivity index is 1.99. The molecule has 2 aromatic carbocycles. The number of nitriles is 1. The molecule has 2 rings (SSSR count). The van der Waals surface area contributed by atoms with E-state index in [4.69, 9.17) is 9.47 Å². The molecule has 0 spiro atoms. The summed E-state index contributed by atoms with van der Waals surface area (Å²) < 4.78 is 10.1. The van der Waals surface area contributed by atoms with Gasteiger partial charge in [-0.05, 0) is 42.2 Å². The van der Waals surface area contributed by atoms with Crippen molar-refractivity contribution in [1.82, 2.24) is 0 Å². The molecule has 0 radical (unpaired) electrons. The monoisotopic (exact) mass is 382 g/mol. The Morgan fingerprint density at radius 1 is 1.22 bits per heavy atom. The van der Waals surface area contributed by atoms with Gasteiger partial charge in [-0.3, -0.25) is 4.79 Å². The highest BCUT2D eigenvalue weighted by atomic mass is 32.2. The second-order valence-corrected chi connectivity index (χ2v) is 6.12. The number of nitrogens with one attached hydrogen (secondary N) is 1. The molecule has 2 aromatic rings. The van der Waals surface area contributed by atoms with Crippen LogP contribution in [0.15, 0.2) is 59.0 Å². The van der Waals surface area contributed by atoms with Gasteiger partial charge in [0.1, 0.15) is 17.4 Å². The summed E-state index contributed by atoms with van der Waals surface area (Å²) in [5.41, 5.74) is 1.04. The summed E-state index contributed by atoms with van der Waals surface area (Å²) in [6, 6.07) is 16.0. The van der Waals surface area contributed by atoms with Gasteiger partial charge in [-0.2, -0.15) is 5.26 Å². The van der Waals surface area contributed by atoms with Crippen molar-refractivity contribution in [1.29, 1.82) is 5.26 Å². The topological polar surface area (TPSA) is 88.4 Å². The van der Waals surface area contributed by atoms with Crippen LogP contribution in [0.1, 0.15) is 5.56 Å². The third kappa shape index (κ3) is 5.90. The molecule has 0 saturated carbocycles. The number of carbonyl (C=O) groups is 2. The molecule has 1 amide bonds. The normalized spacial score (nSPS) is 10.6. The Hall–Kier alpha value is -3.24. The molecule has 0 aliphatic rings. The second kappa shape index (κ2) is 10.0. The number of anilines is 1. The first-order chi connectivity index (χ1) is 13.1. The Morgan fingerprint density at radius 2 is 2.00 bits per heavy atom. The lowest BCUT2D eigenvalue weighted by Crippen LogP contribution is -2.21. The number of methoxy groups -OCH3 is 1. The zero-order chi connectivity index (χ0) is 19.6. The fourth-order valence-electron chi connectivity index (χ4n) is 2.18. The second-order valence-electron chi connectivity index (χ2n) is 5.27. The van der Waals surface area contributed by atoms with Crippen LogP contribution in [-0.2, 0) is 14.3 Å². The fourth-order valence-corrected chi connectivity index (χ4v) is 2.73. The summed E-state index contributed by atoms with van der Waals surface area (Å²) in [4.78, 5) is 25.0. The fraction of sp³-hybridized carbons (Fsp3) is 0.150. The van der Waals surface area contributed by atoms with Crippen molar-refractivity contribution < 1.29 is 19.1 Å². The van der Waals surface area contributed by atoms with E-state index in [9.17, 15) is 14.9 Å². The largest absolute Gasteiger partial charge is 0.497 e. The summed E-state index contributed by atoms with van der Waals surface area (Å²) >= 11 is 1.49. The van der Waals surface area contributed by atoms with Gasteiger partial charge in [0.05, 0.1) is 12.8 Å². The number of esters is 1. The van der Waals surface area contributed by atoms with Crippen LogP contribution in [0.2, 0.25) is 0 Å². The van der Waals surface area contributed by atoms with Crippen LogP contribution < -0.4 is 10.1 Å². The van der Waals surface area contributed by atoms with E-state index >= 15 is 0 Å². The molecule has 0 heterocycles. The SMILES string of the molecule is COc1cccc(/C=C(\C#N)C(=O)OCC(=O)Nc2ccccc2SC)c1. The van der Waals surface area contributed by atoms with E-state index in [1.165, 1.54) is 24.9 Å². The number of para-hydroxylation sites is 1. The Labute approximate surface area is 161 Å². The first-order valence-electron chi connectivity index (χ1n) is 7.93. The molecule has 0 aliphatic carbocycles. The van der Waals surface area contributed by atoms with E-state index in [2.05, 4.69) is 5.32 Å². The molecule has 0 saturated heterocycles. The molecule has 138 valence electrons. The van der Waals surface area contributed by atoms with Crippen molar-refractivity contribution in [3.05, 3.63) is 59.7 Å². The van der Waals surface area contributed by atoms with Gasteiger partial charge < -0.3 is 14.8 Å². The molecule has 0 fully saturated rings. The summed E-state index contributed by atoms with van der Waals surface area (Å²) in [6.45, 7) is -0.487. The maximum atomic E-state index is 12.1. The molecule has 27 heavy (non-hydrogen) atoms. The van der Waals surface area contributed by atoms with E-state index in [0.717, 1.165) is 4.90 Å². The van der Waals surface area contributed by atoms with Crippen LogP contribution >= 0.6 is 11.8 Å². The number of ether oxygens (including phenoxy) is 2. The molecule has 6 nitrogen and oxygen atoms in total. The lowest BCUT2D eigenvalue weighted by molar-refractivity contribution is -0.142. The number of benzene rings is 2. The zero-order valence-corrected chi connectivity index (χ0v) is 15.7. The molecular weight excluding hydrogens is 364 g/mol. The number of rotatable bonds is 7. The Kier molecular flexibility index (Phi) is 7.47. The zero-order valence-electron chi connectivity index (χ0n) is 14.9. The maximum absolute atomic E-state index is 12.1. The minimum Gasteiger partial charge on any atom is -0.497 e. The number of hydrogen-bond acceptors (Lipinski definition) is 6. The van der Waals surface area contributed by atoms with Crippen LogP contribution in [-0.4, -0.2) is 31.8 Å². The predicted molar refractivity (Wildman–Crippen MR) is 104 cm³/mol. The lowest BCUT2D eigenvalue weighted by Gasteiger charge is -2.09. The molecule has 0 unspecified atom stereocenters. The molecular formula is C20H18N2O4S. The first kappa shape index (κ1) is 20.1. The number of thioether (sulfide) groups is 1. The average molecular weight is 382 g/mol. The van der Waals surface area contributed by atoms with E-state index in [1.54, 1.807) is 42.5 Å². The minimum absolute atomic E-state index is 0.208. The van der Waals surface area contributed by atoms with Crippen LogP contribution in [0.5, 0.6) is 5.75 Å². The first-order valence-corrected chi connectivity index (χ1v) is 9.15. The van der Waals surface area contributed by atoms with Crippen LogP contribution in [0.25, 0.3) is 6.08 Å². The molecule has 0 bridgehead atoms. The Bertz CT molecular complexity index is 903. The highest BCUT2D eigenvalue weighted by Gasteiger charge is 2.14. The molecule has 0 aromatic heterocycles. The van der Waals surface area contributed by atoms with E-state index < -0.39 is 18.5 Å². The lowest BCUT2D eigenvalue weighted by atomic mass is 10.1. The smallest absolute Gasteiger partial charge is 0.349 e. The van der Waals surface area contributed by atoms with Crippen LogP contribution in [0.3, 0.4) is 0 Å². The standard InChI is InChI=1S/C20H18N2O4S/c1-25-16-7-5-6-14(11-16)10-15(12-21)20(24)26-13-19(23)22-17-8-3-4-9-18(17)27-2/h3-11H,13H2,1-2H3,(H,22,23)/b15-10+. The minimum atomic E-state index is -0.867. The van der Waals surface area contributed by atoms with Gasteiger partial charge in [0.25, 0.3) is 5.91 Å². The molecule has 0 atom stereocenters. The van der Waals surface area contributed by atoms with Gasteiger partial charge in [0, 0.05) is 4.90 Å². The van der Waals surface area contributed by atoms with Crippen LogP contribution in [0.4, 0.5) is 5.69 Å². The average Bonchev–Trinajstić information content (AvgIpc) is 2.70. The third-order valence-electron chi connectivity index (χ3n) is 3.46. The van der Waals surface area contributed by atoms with Gasteiger partial charge >= 0.3 is 5.97 Å². The summed E-state index contributed by atoms with van der Waals surface area (Å²) in [5, 5.41) is 11.9. The van der Waals surface area contributed by atoms with Gasteiger partial charge in [-0.25, -0.2) is 4.79 Å². The molecule has 7 heteroatoms. The van der Waals surface area contributed by atoms with E-state index in [1.807, 2.05) is 18.4 Å². The summed E-state index contributed by atoms with van der Waals surface area (Å²) in [6.07, 6.45) is 3.28. The van der Waals surface area contributed by atoms with Gasteiger partial charge in [0.15, 0.2) is 6.61 Å². The predicted octanol–water partition coefficient (Wildman–Crippen LogP) is 3.51. The van der Waals surface area contributed by atoms with Crippen molar-refractivity contribution in [3.63, 3.8) is 0 Å². The number of carbonyl (C=O) groups excluding carboxylic acids is 2. The highest BCUT2D eigenvalue weighted by molar-refractivity contribution is 7.98. The van der Waals surface area contributed by atoms with Crippen molar-refractivity contribution in [2.24, 2.45) is 0 Å². The van der Waals surface area contributed by atoms with E-state index in [0.29, 0.717) is 17.0 Å². The number of hydrogen-bond donors (Lipinski definition) is 1. The quantitative estimate of drug-likeness (QED) is 0.341. The summed E-state index contributed by atoms with van der Waals surface area (Å²) in [7, 11) is 1.52. The van der Waals surface area contributed by atoms with E-state index in [-0.39, 0.29) is 5.57 Å². The number of nitrogens with zero attached hydrogens (tertiary/aromatic N) is 1. The van der Waals surface area contributed by atoms with Crippen molar-refractivity contribution in [3.8, 4) is 11.8 Å². The molecule has 0 aliphatic heterocycles. The summed E-state index contributed by atoms with van der Waals surface area (Å²) in [5.74, 6) is -0.751. The molecule has 1 N–H and O–H groups in total. The van der Waals surface area contributed by atoms with Gasteiger partial charge in [-0.1, -0.05) is 24.3 Å². The van der Waals surface area contributed by atoms with Crippen molar-refractivity contribution in [2.45, 2.75) is 4.90 Å². The van der Waals surface area contributed by atoms with Gasteiger partial charge in [0.2, 0.25) is 0 Å². The van der Waals surface area contributed by atoms with Crippen LogP contribution in [0, 0.1) is 11.3 Å². The third-order valence-corrected chi connectivity index (χ3v) is 4.26. The van der Waals surface area contributed by atoms with Crippen molar-refractivity contribution >= 4 is 35.4 Å². The Morgan fingerprint density at radius 3 is 2.70 bits per heavy atom.